The zero-order chi connectivity index (χ0) is 19.9. The maximum atomic E-state index is 13.7. The fourth-order valence-corrected chi connectivity index (χ4v) is 3.06. The van der Waals surface area contributed by atoms with Crippen LogP contribution in [0.4, 0.5) is 4.39 Å². The van der Waals surface area contributed by atoms with Crippen LogP contribution < -0.4 is 4.74 Å². The molecule has 1 N–H and O–H groups in total. The summed E-state index contributed by atoms with van der Waals surface area (Å²) < 4.78 is 19.6. The topological polar surface area (TPSA) is 59.4 Å². The van der Waals surface area contributed by atoms with Gasteiger partial charge < -0.3 is 9.84 Å². The van der Waals surface area contributed by atoms with Crippen molar-refractivity contribution in [3.8, 4) is 16.9 Å². The molecule has 1 heterocycles. The van der Waals surface area contributed by atoms with Crippen molar-refractivity contribution in [3.63, 3.8) is 0 Å². The van der Waals surface area contributed by atoms with E-state index < -0.39 is 5.97 Å². The fraction of sp³-hybridized carbons (Fsp3) is 0.217. The van der Waals surface area contributed by atoms with Gasteiger partial charge >= 0.3 is 5.97 Å². The lowest BCUT2D eigenvalue weighted by atomic mass is 9.97. The van der Waals surface area contributed by atoms with E-state index in [1.54, 1.807) is 18.5 Å². The largest absolute Gasteiger partial charge is 0.489 e. The molecule has 2 aromatic carbocycles. The number of ether oxygens (including phenoxy) is 1. The zero-order valence-corrected chi connectivity index (χ0v) is 15.6. The Bertz CT molecular complexity index is 926. The van der Waals surface area contributed by atoms with Crippen LogP contribution in [0.2, 0.25) is 0 Å². The van der Waals surface area contributed by atoms with E-state index in [1.807, 2.05) is 43.3 Å². The van der Waals surface area contributed by atoms with Gasteiger partial charge in [-0.05, 0) is 54.3 Å². The first-order valence-electron chi connectivity index (χ1n) is 9.20. The first-order chi connectivity index (χ1) is 13.6. The summed E-state index contributed by atoms with van der Waals surface area (Å²) in [6.45, 7) is 2.09. The maximum Gasteiger partial charge on any atom is 0.306 e. The number of hydrogen-bond acceptors (Lipinski definition) is 3. The van der Waals surface area contributed by atoms with E-state index in [2.05, 4.69) is 4.98 Å². The first kappa shape index (κ1) is 19.5. The minimum Gasteiger partial charge on any atom is -0.489 e. The summed E-state index contributed by atoms with van der Waals surface area (Å²) in [5.74, 6) is -0.840. The van der Waals surface area contributed by atoms with Gasteiger partial charge in [0.2, 0.25) is 0 Å². The van der Waals surface area contributed by atoms with Crippen molar-refractivity contribution in [2.75, 3.05) is 0 Å². The van der Waals surface area contributed by atoms with Gasteiger partial charge in [0.25, 0.3) is 0 Å². The van der Waals surface area contributed by atoms with Gasteiger partial charge in [-0.3, -0.25) is 9.78 Å². The monoisotopic (exact) mass is 379 g/mol. The molecular formula is C23H22FNO3. The molecule has 1 unspecified atom stereocenters. The molecule has 1 atom stereocenters. The molecule has 0 aliphatic rings. The fourth-order valence-electron chi connectivity index (χ4n) is 3.06. The molecule has 0 amide bonds. The van der Waals surface area contributed by atoms with Gasteiger partial charge in [0.05, 0.1) is 5.92 Å². The number of nitrogens with zero attached hydrogens (tertiary/aromatic N) is 1. The molecule has 0 aliphatic carbocycles. The lowest BCUT2D eigenvalue weighted by Gasteiger charge is -2.13. The average Bonchev–Trinajstić information content (AvgIpc) is 2.72. The van der Waals surface area contributed by atoms with Gasteiger partial charge in [0.1, 0.15) is 18.2 Å². The predicted molar refractivity (Wildman–Crippen MR) is 106 cm³/mol. The molecule has 0 saturated heterocycles. The summed E-state index contributed by atoms with van der Waals surface area (Å²) in [5.41, 5.74) is 3.45. The number of carbonyl (C=O) groups is 1. The number of benzene rings is 2. The summed E-state index contributed by atoms with van der Waals surface area (Å²) in [5, 5.41) is 9.18. The number of rotatable bonds is 8. The molecule has 3 aromatic rings. The van der Waals surface area contributed by atoms with E-state index in [1.165, 1.54) is 12.1 Å². The van der Waals surface area contributed by atoms with Crippen molar-refractivity contribution in [2.45, 2.75) is 26.4 Å². The Morgan fingerprint density at radius 2 is 1.96 bits per heavy atom. The molecular weight excluding hydrogens is 357 g/mol. The van der Waals surface area contributed by atoms with E-state index in [-0.39, 0.29) is 18.3 Å². The van der Waals surface area contributed by atoms with Crippen molar-refractivity contribution in [1.82, 2.24) is 4.98 Å². The van der Waals surface area contributed by atoms with Gasteiger partial charge in [-0.2, -0.15) is 0 Å². The Kier molecular flexibility index (Phi) is 6.37. The average molecular weight is 379 g/mol. The number of carboxylic acid groups (broad SMARTS) is 1. The minimum absolute atomic E-state index is 0.216. The van der Waals surface area contributed by atoms with Crippen LogP contribution in [0.15, 0.2) is 67.0 Å². The van der Waals surface area contributed by atoms with E-state index in [9.17, 15) is 14.3 Å². The zero-order valence-electron chi connectivity index (χ0n) is 15.6. The second kappa shape index (κ2) is 9.13. The second-order valence-corrected chi connectivity index (χ2v) is 6.62. The lowest BCUT2D eigenvalue weighted by Crippen LogP contribution is -2.15. The highest BCUT2D eigenvalue weighted by atomic mass is 19.1. The molecule has 144 valence electrons. The van der Waals surface area contributed by atoms with Gasteiger partial charge in [0, 0.05) is 23.5 Å². The van der Waals surface area contributed by atoms with Gasteiger partial charge in [-0.25, -0.2) is 4.39 Å². The van der Waals surface area contributed by atoms with Gasteiger partial charge in [-0.15, -0.1) is 0 Å². The molecule has 1 aromatic heterocycles. The predicted octanol–water partition coefficient (Wildman–Crippen LogP) is 5.12. The Morgan fingerprint density at radius 3 is 2.61 bits per heavy atom. The number of pyridine rings is 1. The number of aromatic nitrogens is 1. The summed E-state index contributed by atoms with van der Waals surface area (Å²) >= 11 is 0. The van der Waals surface area contributed by atoms with Crippen molar-refractivity contribution >= 4 is 5.97 Å². The van der Waals surface area contributed by atoms with E-state index in [0.717, 1.165) is 22.3 Å². The number of hydrogen-bond donors (Lipinski definition) is 1. The second-order valence-electron chi connectivity index (χ2n) is 6.62. The molecule has 28 heavy (non-hydrogen) atoms. The van der Waals surface area contributed by atoms with Crippen molar-refractivity contribution in [2.24, 2.45) is 5.92 Å². The molecule has 0 radical (unpaired) electrons. The normalized spacial score (nSPS) is 11.8. The third-order valence-electron chi connectivity index (χ3n) is 4.68. The lowest BCUT2D eigenvalue weighted by molar-refractivity contribution is -0.141. The Labute approximate surface area is 163 Å². The highest BCUT2D eigenvalue weighted by molar-refractivity contribution is 5.70. The number of carboxylic acids is 1. The highest BCUT2D eigenvalue weighted by Gasteiger charge is 2.15. The molecule has 0 saturated carbocycles. The van der Waals surface area contributed by atoms with Crippen LogP contribution in [-0.4, -0.2) is 16.1 Å². The first-order valence-corrected chi connectivity index (χ1v) is 9.20. The number of halogens is 1. The number of aliphatic carboxylic acids is 1. The molecule has 0 bridgehead atoms. The summed E-state index contributed by atoms with van der Waals surface area (Å²) in [7, 11) is 0. The van der Waals surface area contributed by atoms with Crippen LogP contribution in [0.3, 0.4) is 0 Å². The summed E-state index contributed by atoms with van der Waals surface area (Å²) in [4.78, 5) is 15.3. The molecule has 0 aliphatic heterocycles. The molecule has 0 spiro atoms. The maximum absolute atomic E-state index is 13.7. The highest BCUT2D eigenvalue weighted by Crippen LogP contribution is 2.25. The smallest absolute Gasteiger partial charge is 0.306 e. The Hall–Kier alpha value is -3.21. The Balaban J connectivity index is 1.71. The van der Waals surface area contributed by atoms with E-state index >= 15 is 0 Å². The summed E-state index contributed by atoms with van der Waals surface area (Å²) in [6, 6.07) is 15.7. The standard InChI is InChI=1S/C23H22FNO3/c1-2-17(23(26)27)12-16-5-8-21(9-6-16)28-15-19-13-20(24)7-10-22(19)18-4-3-11-25-14-18/h3-11,13-14,17H,2,12,15H2,1H3,(H,26,27). The van der Waals surface area contributed by atoms with Crippen LogP contribution in [0, 0.1) is 11.7 Å². The van der Waals surface area contributed by atoms with E-state index in [4.69, 9.17) is 4.74 Å². The van der Waals surface area contributed by atoms with Crippen molar-refractivity contribution in [3.05, 3.63) is 83.9 Å². The van der Waals surface area contributed by atoms with Crippen molar-refractivity contribution in [1.29, 1.82) is 0 Å². The quantitative estimate of drug-likeness (QED) is 0.590. The van der Waals surface area contributed by atoms with Gasteiger partial charge in [0.15, 0.2) is 0 Å². The third-order valence-corrected chi connectivity index (χ3v) is 4.68. The van der Waals surface area contributed by atoms with Crippen LogP contribution in [0.5, 0.6) is 5.75 Å². The molecule has 4 nitrogen and oxygen atoms in total. The molecule has 3 rings (SSSR count). The third kappa shape index (κ3) is 4.94. The minimum atomic E-state index is -0.781. The SMILES string of the molecule is CCC(Cc1ccc(OCc2cc(F)ccc2-c2cccnc2)cc1)C(=O)O. The van der Waals surface area contributed by atoms with Crippen molar-refractivity contribution < 1.29 is 19.0 Å². The van der Waals surface area contributed by atoms with E-state index in [0.29, 0.717) is 18.6 Å². The Morgan fingerprint density at radius 1 is 1.18 bits per heavy atom. The molecule has 5 heteroatoms. The summed E-state index contributed by atoms with van der Waals surface area (Å²) in [6.07, 6.45) is 4.50. The van der Waals surface area contributed by atoms with Crippen LogP contribution >= 0.6 is 0 Å². The van der Waals surface area contributed by atoms with Crippen LogP contribution in [-0.2, 0) is 17.8 Å². The van der Waals surface area contributed by atoms with Crippen LogP contribution in [0.1, 0.15) is 24.5 Å². The van der Waals surface area contributed by atoms with Crippen LogP contribution in [0.25, 0.3) is 11.1 Å². The van der Waals surface area contributed by atoms with Gasteiger partial charge in [-0.1, -0.05) is 31.2 Å². The molecule has 0 fully saturated rings.